The van der Waals surface area contributed by atoms with Gasteiger partial charge in [0.25, 0.3) is 5.91 Å². The van der Waals surface area contributed by atoms with Crippen molar-refractivity contribution in [3.63, 3.8) is 0 Å². The number of primary amides is 1. The van der Waals surface area contributed by atoms with E-state index in [9.17, 15) is 9.59 Å². The summed E-state index contributed by atoms with van der Waals surface area (Å²) in [6, 6.07) is 14.3. The number of benzene rings is 1. The van der Waals surface area contributed by atoms with Crippen LogP contribution >= 0.6 is 11.8 Å². The Morgan fingerprint density at radius 2 is 1.93 bits per heavy atom. The van der Waals surface area contributed by atoms with Gasteiger partial charge in [-0.25, -0.2) is 5.01 Å². The van der Waals surface area contributed by atoms with Crippen molar-refractivity contribution in [3.8, 4) is 0 Å². The molecule has 3 N–H and O–H groups in total. The minimum absolute atomic E-state index is 0.0281. The number of nitrogens with two attached hydrogens (primary N) is 1. The Balaban J connectivity index is 1.49. The summed E-state index contributed by atoms with van der Waals surface area (Å²) in [6.45, 7) is 0.0281. The fourth-order valence-electron chi connectivity index (χ4n) is 3.17. The molecule has 3 heterocycles. The van der Waals surface area contributed by atoms with Crippen LogP contribution < -0.4 is 11.1 Å². The van der Waals surface area contributed by atoms with E-state index in [4.69, 9.17) is 14.6 Å². The van der Waals surface area contributed by atoms with Crippen molar-refractivity contribution < 1.29 is 18.4 Å². The first-order valence-corrected chi connectivity index (χ1v) is 10.3. The van der Waals surface area contributed by atoms with Gasteiger partial charge in [-0.15, -0.1) is 11.8 Å². The second-order valence-corrected chi connectivity index (χ2v) is 7.62. The molecule has 0 aliphatic carbocycles. The highest BCUT2D eigenvalue weighted by Gasteiger charge is 2.35. The molecule has 0 spiro atoms. The summed E-state index contributed by atoms with van der Waals surface area (Å²) in [7, 11) is 0. The first kappa shape index (κ1) is 19.8. The highest BCUT2D eigenvalue weighted by Crippen LogP contribution is 2.33. The van der Waals surface area contributed by atoms with Gasteiger partial charge < -0.3 is 19.9 Å². The summed E-state index contributed by atoms with van der Waals surface area (Å²) < 4.78 is 11.0. The van der Waals surface area contributed by atoms with Crippen LogP contribution in [-0.2, 0) is 9.59 Å². The minimum atomic E-state index is -0.399. The van der Waals surface area contributed by atoms with E-state index >= 15 is 0 Å². The van der Waals surface area contributed by atoms with Gasteiger partial charge in [-0.2, -0.15) is 5.10 Å². The Morgan fingerprint density at radius 3 is 2.67 bits per heavy atom. The van der Waals surface area contributed by atoms with E-state index in [2.05, 4.69) is 10.4 Å². The Bertz CT molecular complexity index is 1050. The summed E-state index contributed by atoms with van der Waals surface area (Å²) in [4.78, 5) is 25.0. The van der Waals surface area contributed by atoms with Gasteiger partial charge >= 0.3 is 0 Å². The summed E-state index contributed by atoms with van der Waals surface area (Å²) in [5.41, 5.74) is 6.68. The van der Waals surface area contributed by atoms with Crippen molar-refractivity contribution in [2.24, 2.45) is 10.8 Å². The number of nitrogens with zero attached hydrogens (tertiary/aromatic N) is 2. The zero-order valence-corrected chi connectivity index (χ0v) is 16.8. The van der Waals surface area contributed by atoms with E-state index in [1.807, 2.05) is 36.4 Å². The first-order valence-electron chi connectivity index (χ1n) is 9.32. The van der Waals surface area contributed by atoms with E-state index in [-0.39, 0.29) is 24.2 Å². The number of carbonyl (C=O) groups is 2. The smallest absolute Gasteiger partial charge is 0.262 e. The Labute approximate surface area is 177 Å². The molecule has 9 heteroatoms. The third-order valence-corrected chi connectivity index (χ3v) is 5.63. The van der Waals surface area contributed by atoms with Crippen LogP contribution in [0.3, 0.4) is 0 Å². The van der Waals surface area contributed by atoms with Crippen LogP contribution in [0, 0.1) is 0 Å². The number of anilines is 1. The van der Waals surface area contributed by atoms with Crippen molar-refractivity contribution in [1.82, 2.24) is 5.01 Å². The molecule has 1 atom stereocenters. The number of rotatable bonds is 8. The number of nitrogens with one attached hydrogen (secondary N) is 1. The van der Waals surface area contributed by atoms with Crippen LogP contribution in [0.25, 0.3) is 0 Å². The molecule has 4 rings (SSSR count). The van der Waals surface area contributed by atoms with Crippen LogP contribution in [0.5, 0.6) is 0 Å². The number of hydrogen-bond donors (Lipinski definition) is 2. The number of hydrogen-bond acceptors (Lipinski definition) is 7. The number of thioether (sulfide) groups is 1. The standard InChI is InChI=1S/C21H20N4O4S/c22-20(26)13-30-19-8-2-1-5-14(19)23-12-21(27)25-16(18-7-4-10-29-18)11-15(24-25)17-6-3-9-28-17/h1-10,16,23H,11-13H2,(H2,22,26). The van der Waals surface area contributed by atoms with E-state index in [1.54, 1.807) is 24.7 Å². The average molecular weight is 424 g/mol. The van der Waals surface area contributed by atoms with Gasteiger partial charge in [0, 0.05) is 17.0 Å². The van der Waals surface area contributed by atoms with Gasteiger partial charge in [-0.1, -0.05) is 12.1 Å². The Hall–Kier alpha value is -3.46. The maximum absolute atomic E-state index is 13.0. The van der Waals surface area contributed by atoms with Crippen LogP contribution in [0.2, 0.25) is 0 Å². The molecule has 3 aromatic rings. The van der Waals surface area contributed by atoms with Gasteiger partial charge in [0.05, 0.1) is 24.8 Å². The Kier molecular flexibility index (Phi) is 5.89. The quantitative estimate of drug-likeness (QED) is 0.537. The lowest BCUT2D eigenvalue weighted by molar-refractivity contribution is -0.131. The largest absolute Gasteiger partial charge is 0.467 e. The monoisotopic (exact) mass is 424 g/mol. The molecule has 0 saturated heterocycles. The fraction of sp³-hybridized carbons (Fsp3) is 0.190. The maximum atomic E-state index is 13.0. The lowest BCUT2D eigenvalue weighted by Gasteiger charge is -2.20. The second-order valence-electron chi connectivity index (χ2n) is 6.60. The lowest BCUT2D eigenvalue weighted by Crippen LogP contribution is -2.32. The van der Waals surface area contributed by atoms with Gasteiger partial charge in [-0.3, -0.25) is 9.59 Å². The van der Waals surface area contributed by atoms with E-state index < -0.39 is 5.91 Å². The third kappa shape index (κ3) is 4.41. The molecule has 0 fully saturated rings. The predicted octanol–water partition coefficient (Wildman–Crippen LogP) is 3.24. The first-order chi connectivity index (χ1) is 14.6. The van der Waals surface area contributed by atoms with Crippen LogP contribution in [-0.4, -0.2) is 34.8 Å². The number of hydrazone groups is 1. The van der Waals surface area contributed by atoms with Gasteiger partial charge in [-0.05, 0) is 36.4 Å². The molecule has 2 amide bonds. The minimum Gasteiger partial charge on any atom is -0.467 e. The molecular weight excluding hydrogens is 404 g/mol. The van der Waals surface area contributed by atoms with Crippen LogP contribution in [0.15, 0.2) is 79.9 Å². The molecule has 8 nitrogen and oxygen atoms in total. The average Bonchev–Trinajstić information content (AvgIpc) is 3.51. The zero-order chi connectivity index (χ0) is 20.9. The fourth-order valence-corrected chi connectivity index (χ4v) is 3.94. The van der Waals surface area contributed by atoms with Crippen molar-refractivity contribution in [2.75, 3.05) is 17.6 Å². The van der Waals surface area contributed by atoms with Crippen molar-refractivity contribution in [1.29, 1.82) is 0 Å². The summed E-state index contributed by atoms with van der Waals surface area (Å²) in [6.07, 6.45) is 3.65. The third-order valence-electron chi connectivity index (χ3n) is 4.53. The van der Waals surface area contributed by atoms with E-state index in [0.29, 0.717) is 23.7 Å². The molecule has 0 bridgehead atoms. The van der Waals surface area contributed by atoms with Crippen molar-refractivity contribution in [2.45, 2.75) is 17.4 Å². The lowest BCUT2D eigenvalue weighted by atomic mass is 10.1. The molecule has 1 unspecified atom stereocenters. The SMILES string of the molecule is NC(=O)CSc1ccccc1NCC(=O)N1N=C(c2ccco2)CC1c1ccco1. The maximum Gasteiger partial charge on any atom is 0.262 e. The summed E-state index contributed by atoms with van der Waals surface area (Å²) in [5.74, 6) is 0.835. The molecular formula is C21H20N4O4S. The summed E-state index contributed by atoms with van der Waals surface area (Å²) >= 11 is 1.32. The number of carbonyl (C=O) groups excluding carboxylic acids is 2. The highest BCUT2D eigenvalue weighted by atomic mass is 32.2. The van der Waals surface area contributed by atoms with Crippen molar-refractivity contribution >= 4 is 35.0 Å². The Morgan fingerprint density at radius 1 is 1.13 bits per heavy atom. The highest BCUT2D eigenvalue weighted by molar-refractivity contribution is 8.00. The molecule has 1 aliphatic heterocycles. The second kappa shape index (κ2) is 8.91. The van der Waals surface area contributed by atoms with Gasteiger partial charge in [0.1, 0.15) is 23.3 Å². The van der Waals surface area contributed by atoms with Crippen LogP contribution in [0.4, 0.5) is 5.69 Å². The van der Waals surface area contributed by atoms with Gasteiger partial charge in [0.15, 0.2) is 0 Å². The topological polar surface area (TPSA) is 114 Å². The van der Waals surface area contributed by atoms with Crippen molar-refractivity contribution in [3.05, 3.63) is 72.6 Å². The zero-order valence-electron chi connectivity index (χ0n) is 16.0. The van der Waals surface area contributed by atoms with E-state index in [0.717, 1.165) is 10.6 Å². The van der Waals surface area contributed by atoms with Gasteiger partial charge in [0.2, 0.25) is 5.91 Å². The van der Waals surface area contributed by atoms with Crippen LogP contribution in [0.1, 0.15) is 24.0 Å². The molecule has 0 radical (unpaired) electrons. The van der Waals surface area contributed by atoms with E-state index in [1.165, 1.54) is 16.8 Å². The molecule has 1 aliphatic rings. The molecule has 154 valence electrons. The molecule has 1 aromatic carbocycles. The summed E-state index contributed by atoms with van der Waals surface area (Å²) in [5, 5.41) is 9.08. The number of furan rings is 2. The molecule has 0 saturated carbocycles. The number of amides is 2. The predicted molar refractivity (Wildman–Crippen MR) is 113 cm³/mol. The normalized spacial score (nSPS) is 15.8. The molecule has 2 aromatic heterocycles. The molecule has 30 heavy (non-hydrogen) atoms. The number of para-hydroxylation sites is 1.